The molecular formula is C31H43N3O4. The summed E-state index contributed by atoms with van der Waals surface area (Å²) in [7, 11) is 0. The van der Waals surface area contributed by atoms with Crippen LogP contribution in [0.15, 0.2) is 42.6 Å². The van der Waals surface area contributed by atoms with Gasteiger partial charge in [0.1, 0.15) is 17.9 Å². The van der Waals surface area contributed by atoms with Crippen LogP contribution in [-0.4, -0.2) is 51.3 Å². The third-order valence-electron chi connectivity index (χ3n) is 7.28. The largest absolute Gasteiger partial charge is 0.459 e. The first-order valence-electron chi connectivity index (χ1n) is 13.6. The summed E-state index contributed by atoms with van der Waals surface area (Å²) < 4.78 is 11.7. The number of nitrogens with zero attached hydrogens (tertiary/aromatic N) is 1. The van der Waals surface area contributed by atoms with Gasteiger partial charge in [0.05, 0.1) is 5.56 Å². The number of esters is 2. The fourth-order valence-corrected chi connectivity index (χ4v) is 6.54. The van der Waals surface area contributed by atoms with E-state index in [1.54, 1.807) is 24.4 Å². The summed E-state index contributed by atoms with van der Waals surface area (Å²) in [5.41, 5.74) is 2.16. The highest BCUT2D eigenvalue weighted by Crippen LogP contribution is 2.32. The van der Waals surface area contributed by atoms with Crippen molar-refractivity contribution < 1.29 is 19.1 Å². The quantitative estimate of drug-likeness (QED) is 0.489. The lowest BCUT2D eigenvalue weighted by atomic mass is 9.81. The van der Waals surface area contributed by atoms with Crippen LogP contribution >= 0.6 is 0 Å². The van der Waals surface area contributed by atoms with E-state index in [1.807, 2.05) is 18.2 Å². The second-order valence-electron chi connectivity index (χ2n) is 13.7. The van der Waals surface area contributed by atoms with Crippen LogP contribution in [0.3, 0.4) is 0 Å². The minimum absolute atomic E-state index is 0.0943. The third-order valence-corrected chi connectivity index (χ3v) is 7.28. The molecule has 1 aromatic carbocycles. The number of aromatic nitrogens is 1. The molecule has 2 aliphatic heterocycles. The van der Waals surface area contributed by atoms with Crippen molar-refractivity contribution in [1.82, 2.24) is 15.6 Å². The summed E-state index contributed by atoms with van der Waals surface area (Å²) in [6, 6.07) is 10.8. The lowest BCUT2D eigenvalue weighted by Crippen LogP contribution is -2.59. The zero-order valence-electron chi connectivity index (χ0n) is 24.1. The molecule has 3 heterocycles. The molecule has 0 unspecified atom stereocenters. The van der Waals surface area contributed by atoms with E-state index in [1.165, 1.54) is 0 Å². The van der Waals surface area contributed by atoms with Gasteiger partial charge in [-0.15, -0.1) is 0 Å². The number of pyridine rings is 1. The monoisotopic (exact) mass is 521 g/mol. The molecule has 2 saturated heterocycles. The van der Waals surface area contributed by atoms with Crippen molar-refractivity contribution in [3.05, 3.63) is 53.9 Å². The Morgan fingerprint density at radius 3 is 1.50 bits per heavy atom. The molecule has 0 bridgehead atoms. The molecule has 2 aliphatic rings. The van der Waals surface area contributed by atoms with Crippen molar-refractivity contribution in [3.8, 4) is 11.1 Å². The highest BCUT2D eigenvalue weighted by atomic mass is 16.5. The van der Waals surface area contributed by atoms with Gasteiger partial charge in [-0.2, -0.15) is 0 Å². The second kappa shape index (κ2) is 10.1. The summed E-state index contributed by atoms with van der Waals surface area (Å²) >= 11 is 0. The first-order chi connectivity index (χ1) is 17.5. The number of hydrogen-bond acceptors (Lipinski definition) is 7. The first kappa shape index (κ1) is 28.2. The van der Waals surface area contributed by atoms with Crippen molar-refractivity contribution in [2.24, 2.45) is 0 Å². The van der Waals surface area contributed by atoms with Crippen LogP contribution in [-0.2, 0) is 9.47 Å². The fraction of sp³-hybridized carbons (Fsp3) is 0.581. The second-order valence-corrected chi connectivity index (χ2v) is 13.7. The lowest BCUT2D eigenvalue weighted by Gasteiger charge is -2.45. The number of nitrogens with one attached hydrogen (secondary N) is 2. The maximum Gasteiger partial charge on any atom is 0.357 e. The minimum atomic E-state index is -0.405. The number of benzene rings is 1. The van der Waals surface area contributed by atoms with Crippen molar-refractivity contribution in [2.75, 3.05) is 0 Å². The Hall–Kier alpha value is -2.77. The maximum absolute atomic E-state index is 12.8. The SMILES string of the molecule is CC1(C)CC(OC(=O)c2ccc(-c3ccc(C(=O)OC4CC(C)(C)NC(C)(C)C4)nc3)cc2)CC(C)(C)N1. The molecule has 206 valence electrons. The molecule has 0 radical (unpaired) electrons. The van der Waals surface area contributed by atoms with Crippen LogP contribution in [0.4, 0.5) is 0 Å². The van der Waals surface area contributed by atoms with Gasteiger partial charge in [0, 0.05) is 59.6 Å². The lowest BCUT2D eigenvalue weighted by molar-refractivity contribution is -0.00793. The molecule has 7 heteroatoms. The molecule has 2 N–H and O–H groups in total. The Morgan fingerprint density at radius 1 is 0.658 bits per heavy atom. The van der Waals surface area contributed by atoms with Gasteiger partial charge in [0.15, 0.2) is 0 Å². The Bertz CT molecular complexity index is 1040. The summed E-state index contributed by atoms with van der Waals surface area (Å²) in [4.78, 5) is 30.0. The molecule has 1 aromatic heterocycles. The molecule has 4 rings (SSSR count). The normalized spacial score (nSPS) is 22.4. The number of piperidine rings is 2. The Balaban J connectivity index is 1.37. The highest BCUT2D eigenvalue weighted by Gasteiger charge is 2.40. The van der Waals surface area contributed by atoms with Gasteiger partial charge in [-0.1, -0.05) is 18.2 Å². The van der Waals surface area contributed by atoms with E-state index in [0.29, 0.717) is 5.56 Å². The Kier molecular flexibility index (Phi) is 7.49. The van der Waals surface area contributed by atoms with E-state index in [-0.39, 0.29) is 46.0 Å². The minimum Gasteiger partial charge on any atom is -0.459 e. The van der Waals surface area contributed by atoms with Crippen LogP contribution in [0.2, 0.25) is 0 Å². The van der Waals surface area contributed by atoms with Crippen LogP contribution in [0.5, 0.6) is 0 Å². The standard InChI is InChI=1S/C31H43N3O4/c1-28(2)15-23(16-29(3,4)33-28)37-26(35)21-11-9-20(10-12-21)22-13-14-25(32-19-22)27(36)38-24-17-30(5,6)34-31(7,8)18-24/h9-14,19,23-24,33-34H,15-18H2,1-8H3. The topological polar surface area (TPSA) is 89.6 Å². The predicted molar refractivity (Wildman–Crippen MR) is 149 cm³/mol. The molecule has 38 heavy (non-hydrogen) atoms. The number of rotatable bonds is 5. The molecule has 0 aliphatic carbocycles. The molecule has 2 fully saturated rings. The van der Waals surface area contributed by atoms with Crippen molar-refractivity contribution in [3.63, 3.8) is 0 Å². The number of carbonyl (C=O) groups is 2. The van der Waals surface area contributed by atoms with Gasteiger partial charge in [0.25, 0.3) is 0 Å². The van der Waals surface area contributed by atoms with Crippen molar-refractivity contribution in [2.45, 2.75) is 115 Å². The van der Waals surface area contributed by atoms with Gasteiger partial charge >= 0.3 is 11.9 Å². The molecule has 0 spiro atoms. The zero-order valence-corrected chi connectivity index (χ0v) is 24.1. The molecule has 0 atom stereocenters. The van der Waals surface area contributed by atoms with Gasteiger partial charge in [-0.25, -0.2) is 14.6 Å². The number of ether oxygens (including phenoxy) is 2. The molecule has 0 saturated carbocycles. The third kappa shape index (κ3) is 7.20. The Labute approximate surface area is 227 Å². The smallest absolute Gasteiger partial charge is 0.357 e. The summed E-state index contributed by atoms with van der Waals surface area (Å²) in [5.74, 6) is -0.715. The number of hydrogen-bond donors (Lipinski definition) is 2. The highest BCUT2D eigenvalue weighted by molar-refractivity contribution is 5.90. The Morgan fingerprint density at radius 2 is 1.08 bits per heavy atom. The first-order valence-corrected chi connectivity index (χ1v) is 13.6. The average molecular weight is 522 g/mol. The van der Waals surface area contributed by atoms with E-state index < -0.39 is 5.97 Å². The fourth-order valence-electron chi connectivity index (χ4n) is 6.54. The van der Waals surface area contributed by atoms with E-state index in [4.69, 9.17) is 9.47 Å². The molecule has 7 nitrogen and oxygen atoms in total. The van der Waals surface area contributed by atoms with E-state index in [0.717, 1.165) is 36.8 Å². The predicted octanol–water partition coefficient (Wildman–Crippen LogP) is 5.68. The molecular weight excluding hydrogens is 478 g/mol. The van der Waals surface area contributed by atoms with Crippen LogP contribution in [0, 0.1) is 0 Å². The van der Waals surface area contributed by atoms with Crippen LogP contribution in [0.1, 0.15) is 102 Å². The molecule has 0 amide bonds. The van der Waals surface area contributed by atoms with E-state index in [2.05, 4.69) is 71.0 Å². The van der Waals surface area contributed by atoms with Crippen LogP contribution < -0.4 is 10.6 Å². The molecule has 2 aromatic rings. The van der Waals surface area contributed by atoms with Crippen molar-refractivity contribution in [1.29, 1.82) is 0 Å². The van der Waals surface area contributed by atoms with Crippen LogP contribution in [0.25, 0.3) is 11.1 Å². The van der Waals surface area contributed by atoms with Crippen molar-refractivity contribution >= 4 is 11.9 Å². The summed E-state index contributed by atoms with van der Waals surface area (Å²) in [5, 5.41) is 7.21. The average Bonchev–Trinajstić information content (AvgIpc) is 2.75. The van der Waals surface area contributed by atoms with Gasteiger partial charge < -0.3 is 20.1 Å². The van der Waals surface area contributed by atoms with Gasteiger partial charge in [0.2, 0.25) is 0 Å². The van der Waals surface area contributed by atoms with E-state index in [9.17, 15) is 9.59 Å². The van der Waals surface area contributed by atoms with Gasteiger partial charge in [-0.05, 0) is 79.2 Å². The van der Waals surface area contributed by atoms with Gasteiger partial charge in [-0.3, -0.25) is 0 Å². The van der Waals surface area contributed by atoms with E-state index >= 15 is 0 Å². The number of carbonyl (C=O) groups excluding carboxylic acids is 2. The summed E-state index contributed by atoms with van der Waals surface area (Å²) in [6.45, 7) is 17.1. The zero-order chi connectivity index (χ0) is 27.9. The maximum atomic E-state index is 12.8. The summed E-state index contributed by atoms with van der Waals surface area (Å²) in [6.07, 6.45) is 4.42.